The number of amides is 2. The van der Waals surface area contributed by atoms with Crippen LogP contribution in [0.4, 0.5) is 14.9 Å². The third kappa shape index (κ3) is 4.48. The van der Waals surface area contributed by atoms with E-state index >= 15 is 0 Å². The van der Waals surface area contributed by atoms with Crippen molar-refractivity contribution in [2.75, 3.05) is 19.0 Å². The van der Waals surface area contributed by atoms with Crippen LogP contribution in [-0.2, 0) is 6.42 Å². The highest BCUT2D eigenvalue weighted by Gasteiger charge is 2.07. The number of benzene rings is 2. The van der Waals surface area contributed by atoms with Crippen LogP contribution in [0.5, 0.6) is 5.75 Å². The zero-order chi connectivity index (χ0) is 15.9. The number of carbonyl (C=O) groups is 1. The lowest BCUT2D eigenvalue weighted by atomic mass is 10.1. The van der Waals surface area contributed by atoms with Crippen molar-refractivity contribution in [2.24, 2.45) is 0 Å². The highest BCUT2D eigenvalue weighted by molar-refractivity contribution is 5.91. The van der Waals surface area contributed by atoms with Gasteiger partial charge in [-0.3, -0.25) is 0 Å². The average molecular weight is 302 g/mol. The van der Waals surface area contributed by atoms with Crippen LogP contribution in [0.15, 0.2) is 42.5 Å². The van der Waals surface area contributed by atoms with Crippen molar-refractivity contribution in [3.63, 3.8) is 0 Å². The van der Waals surface area contributed by atoms with E-state index < -0.39 is 0 Å². The quantitative estimate of drug-likeness (QED) is 0.888. The number of hydrogen-bond donors (Lipinski definition) is 2. The number of methoxy groups -OCH3 is 1. The first-order valence-electron chi connectivity index (χ1n) is 7.02. The molecule has 2 aromatic carbocycles. The topological polar surface area (TPSA) is 50.4 Å². The van der Waals surface area contributed by atoms with Crippen LogP contribution >= 0.6 is 0 Å². The standard InChI is InChI=1S/C17H19FN2O2/c1-12-3-8-16(22-2)15(11-12)20-17(21)19-10-9-13-4-6-14(18)7-5-13/h3-8,11H,9-10H2,1-2H3,(H2,19,20,21). The molecule has 2 amide bonds. The Hall–Kier alpha value is -2.56. The molecular weight excluding hydrogens is 283 g/mol. The molecule has 0 aliphatic rings. The fourth-order valence-corrected chi connectivity index (χ4v) is 2.06. The van der Waals surface area contributed by atoms with E-state index in [1.807, 2.05) is 25.1 Å². The van der Waals surface area contributed by atoms with Gasteiger partial charge in [-0.1, -0.05) is 18.2 Å². The van der Waals surface area contributed by atoms with E-state index in [0.29, 0.717) is 24.4 Å². The molecule has 0 fully saturated rings. The van der Waals surface area contributed by atoms with Crippen LogP contribution in [0.1, 0.15) is 11.1 Å². The molecule has 0 saturated heterocycles. The molecule has 2 rings (SSSR count). The first-order valence-corrected chi connectivity index (χ1v) is 7.02. The summed E-state index contributed by atoms with van der Waals surface area (Å²) >= 11 is 0. The van der Waals surface area contributed by atoms with Crippen LogP contribution in [0.25, 0.3) is 0 Å². The SMILES string of the molecule is COc1ccc(C)cc1NC(=O)NCCc1ccc(F)cc1. The summed E-state index contributed by atoms with van der Waals surface area (Å²) in [5.41, 5.74) is 2.62. The molecule has 0 bridgehead atoms. The van der Waals surface area contributed by atoms with Crippen LogP contribution < -0.4 is 15.4 Å². The zero-order valence-corrected chi connectivity index (χ0v) is 12.7. The number of carbonyl (C=O) groups excluding carboxylic acids is 1. The number of rotatable bonds is 5. The number of aryl methyl sites for hydroxylation is 1. The Morgan fingerprint density at radius 1 is 1.18 bits per heavy atom. The van der Waals surface area contributed by atoms with Gasteiger partial charge in [0.15, 0.2) is 0 Å². The van der Waals surface area contributed by atoms with Crippen molar-refractivity contribution in [1.29, 1.82) is 0 Å². The summed E-state index contributed by atoms with van der Waals surface area (Å²) in [6.45, 7) is 2.41. The second kappa shape index (κ2) is 7.45. The van der Waals surface area contributed by atoms with Crippen molar-refractivity contribution in [3.8, 4) is 5.75 Å². The van der Waals surface area contributed by atoms with E-state index in [1.165, 1.54) is 12.1 Å². The highest BCUT2D eigenvalue weighted by atomic mass is 19.1. The van der Waals surface area contributed by atoms with E-state index in [1.54, 1.807) is 19.2 Å². The number of halogens is 1. The van der Waals surface area contributed by atoms with Gasteiger partial charge in [-0.05, 0) is 48.7 Å². The van der Waals surface area contributed by atoms with Gasteiger partial charge in [-0.2, -0.15) is 0 Å². The minimum absolute atomic E-state index is 0.263. The zero-order valence-electron chi connectivity index (χ0n) is 12.7. The molecular formula is C17H19FN2O2. The van der Waals surface area contributed by atoms with E-state index in [0.717, 1.165) is 11.1 Å². The molecule has 0 radical (unpaired) electrons. The number of urea groups is 1. The predicted octanol–water partition coefficient (Wildman–Crippen LogP) is 3.51. The molecule has 0 aliphatic carbocycles. The molecule has 0 unspecified atom stereocenters. The molecule has 22 heavy (non-hydrogen) atoms. The molecule has 0 aromatic heterocycles. The van der Waals surface area contributed by atoms with Crippen molar-refractivity contribution in [2.45, 2.75) is 13.3 Å². The summed E-state index contributed by atoms with van der Waals surface area (Å²) in [7, 11) is 1.56. The van der Waals surface area contributed by atoms with Gasteiger partial charge in [0.25, 0.3) is 0 Å². The Morgan fingerprint density at radius 3 is 2.59 bits per heavy atom. The van der Waals surface area contributed by atoms with Crippen LogP contribution in [0.3, 0.4) is 0 Å². The summed E-state index contributed by atoms with van der Waals surface area (Å²) in [6.07, 6.45) is 0.638. The second-order valence-electron chi connectivity index (χ2n) is 4.96. The third-order valence-corrected chi connectivity index (χ3v) is 3.22. The minimum Gasteiger partial charge on any atom is -0.495 e. The Morgan fingerprint density at radius 2 is 1.91 bits per heavy atom. The van der Waals surface area contributed by atoms with Gasteiger partial charge < -0.3 is 15.4 Å². The molecule has 5 heteroatoms. The largest absolute Gasteiger partial charge is 0.495 e. The number of ether oxygens (including phenoxy) is 1. The summed E-state index contributed by atoms with van der Waals surface area (Å²) in [6, 6.07) is 11.5. The van der Waals surface area contributed by atoms with Gasteiger partial charge in [-0.25, -0.2) is 9.18 Å². The molecule has 0 spiro atoms. The fraction of sp³-hybridized carbons (Fsp3) is 0.235. The lowest BCUT2D eigenvalue weighted by Crippen LogP contribution is -2.30. The van der Waals surface area contributed by atoms with Crippen molar-refractivity contribution < 1.29 is 13.9 Å². The monoisotopic (exact) mass is 302 g/mol. The van der Waals surface area contributed by atoms with Gasteiger partial charge in [0.2, 0.25) is 0 Å². The first kappa shape index (κ1) is 15.8. The molecule has 116 valence electrons. The normalized spacial score (nSPS) is 10.1. The van der Waals surface area contributed by atoms with Crippen LogP contribution in [0.2, 0.25) is 0 Å². The van der Waals surface area contributed by atoms with Gasteiger partial charge in [0.05, 0.1) is 12.8 Å². The Balaban J connectivity index is 1.85. The number of anilines is 1. The molecule has 4 nitrogen and oxygen atoms in total. The van der Waals surface area contributed by atoms with E-state index in [2.05, 4.69) is 10.6 Å². The van der Waals surface area contributed by atoms with E-state index in [-0.39, 0.29) is 11.8 Å². The number of hydrogen-bond acceptors (Lipinski definition) is 2. The smallest absolute Gasteiger partial charge is 0.319 e. The summed E-state index contributed by atoms with van der Waals surface area (Å²) in [4.78, 5) is 11.9. The lowest BCUT2D eigenvalue weighted by molar-refractivity contribution is 0.252. The fourth-order valence-electron chi connectivity index (χ4n) is 2.06. The summed E-state index contributed by atoms with van der Waals surface area (Å²) in [5, 5.41) is 5.53. The Kier molecular flexibility index (Phi) is 5.36. The predicted molar refractivity (Wildman–Crippen MR) is 84.9 cm³/mol. The average Bonchev–Trinajstić information content (AvgIpc) is 2.49. The molecule has 2 aromatic rings. The maximum Gasteiger partial charge on any atom is 0.319 e. The third-order valence-electron chi connectivity index (χ3n) is 3.22. The second-order valence-corrected chi connectivity index (χ2v) is 4.96. The molecule has 0 heterocycles. The van der Waals surface area contributed by atoms with E-state index in [9.17, 15) is 9.18 Å². The maximum absolute atomic E-state index is 12.8. The van der Waals surface area contributed by atoms with Crippen molar-refractivity contribution in [3.05, 3.63) is 59.4 Å². The Labute approximate surface area is 129 Å². The molecule has 0 aliphatic heterocycles. The minimum atomic E-state index is -0.300. The molecule has 2 N–H and O–H groups in total. The summed E-state index contributed by atoms with van der Waals surface area (Å²) in [5.74, 6) is 0.347. The maximum atomic E-state index is 12.8. The van der Waals surface area contributed by atoms with Gasteiger partial charge in [0.1, 0.15) is 11.6 Å². The number of nitrogens with one attached hydrogen (secondary N) is 2. The van der Waals surface area contributed by atoms with Crippen LogP contribution in [-0.4, -0.2) is 19.7 Å². The highest BCUT2D eigenvalue weighted by Crippen LogP contribution is 2.24. The van der Waals surface area contributed by atoms with Crippen LogP contribution in [0, 0.1) is 12.7 Å². The molecule has 0 saturated carbocycles. The summed E-state index contributed by atoms with van der Waals surface area (Å²) < 4.78 is 18.0. The van der Waals surface area contributed by atoms with Gasteiger partial charge in [-0.15, -0.1) is 0 Å². The first-order chi connectivity index (χ1) is 10.6. The lowest BCUT2D eigenvalue weighted by Gasteiger charge is -2.12. The van der Waals surface area contributed by atoms with Crippen molar-refractivity contribution in [1.82, 2.24) is 5.32 Å². The van der Waals surface area contributed by atoms with Gasteiger partial charge >= 0.3 is 6.03 Å². The Bertz CT molecular complexity index is 642. The van der Waals surface area contributed by atoms with Gasteiger partial charge in [0, 0.05) is 6.54 Å². The van der Waals surface area contributed by atoms with Crippen molar-refractivity contribution >= 4 is 11.7 Å². The molecule has 0 atom stereocenters. The van der Waals surface area contributed by atoms with E-state index in [4.69, 9.17) is 4.74 Å².